The van der Waals surface area contributed by atoms with Gasteiger partial charge in [-0.1, -0.05) is 24.3 Å². The van der Waals surface area contributed by atoms with Gasteiger partial charge in [0, 0.05) is 5.92 Å². The molecule has 0 bridgehead atoms. The van der Waals surface area contributed by atoms with Gasteiger partial charge in [-0.25, -0.2) is 0 Å². The molecular formula is C12H12O2. The summed E-state index contributed by atoms with van der Waals surface area (Å²) in [5, 5.41) is 0. The molecule has 0 saturated carbocycles. The van der Waals surface area contributed by atoms with E-state index in [2.05, 4.69) is 18.2 Å². The maximum Gasteiger partial charge on any atom is 0.309 e. The minimum Gasteiger partial charge on any atom is -0.465 e. The Morgan fingerprint density at radius 1 is 1.14 bits per heavy atom. The van der Waals surface area contributed by atoms with Crippen LogP contribution in [-0.4, -0.2) is 12.6 Å². The first kappa shape index (κ1) is 8.04. The molecule has 2 heteroatoms. The monoisotopic (exact) mass is 188 g/mol. The third-order valence-electron chi connectivity index (χ3n) is 3.35. The van der Waals surface area contributed by atoms with Crippen molar-refractivity contribution in [2.45, 2.75) is 12.8 Å². The smallest absolute Gasteiger partial charge is 0.309 e. The summed E-state index contributed by atoms with van der Waals surface area (Å²) >= 11 is 0. The number of carbonyl (C=O) groups is 1. The molecule has 1 aliphatic carbocycles. The summed E-state index contributed by atoms with van der Waals surface area (Å²) in [4.78, 5) is 11.4. The number of benzene rings is 1. The molecule has 2 atom stereocenters. The summed E-state index contributed by atoms with van der Waals surface area (Å²) in [7, 11) is 0. The molecule has 0 N–H and O–H groups in total. The van der Waals surface area contributed by atoms with Crippen LogP contribution in [0.3, 0.4) is 0 Å². The average Bonchev–Trinajstić information content (AvgIpc) is 2.57. The second-order valence-electron chi connectivity index (χ2n) is 4.17. The molecule has 1 saturated heterocycles. The van der Waals surface area contributed by atoms with Crippen LogP contribution >= 0.6 is 0 Å². The molecule has 1 fully saturated rings. The topological polar surface area (TPSA) is 26.3 Å². The first-order chi connectivity index (χ1) is 6.84. The molecule has 3 rings (SSSR count). The molecule has 0 amide bonds. The number of fused-ring (bicyclic) bond motifs is 2. The van der Waals surface area contributed by atoms with Crippen molar-refractivity contribution in [3.8, 4) is 0 Å². The molecular weight excluding hydrogens is 176 g/mol. The summed E-state index contributed by atoms with van der Waals surface area (Å²) in [6.45, 7) is 0.623. The van der Waals surface area contributed by atoms with E-state index < -0.39 is 0 Å². The molecule has 14 heavy (non-hydrogen) atoms. The summed E-state index contributed by atoms with van der Waals surface area (Å²) in [5.41, 5.74) is 2.72. The van der Waals surface area contributed by atoms with Gasteiger partial charge in [0.15, 0.2) is 0 Å². The van der Waals surface area contributed by atoms with Gasteiger partial charge in [-0.3, -0.25) is 4.79 Å². The maximum atomic E-state index is 11.4. The minimum absolute atomic E-state index is 0.00417. The van der Waals surface area contributed by atoms with Gasteiger partial charge in [0.25, 0.3) is 0 Å². The van der Waals surface area contributed by atoms with Gasteiger partial charge >= 0.3 is 5.97 Å². The van der Waals surface area contributed by atoms with Crippen LogP contribution in [0, 0.1) is 11.8 Å². The zero-order valence-electron chi connectivity index (χ0n) is 7.90. The Labute approximate surface area is 82.9 Å². The molecule has 0 aromatic heterocycles. The fourth-order valence-electron chi connectivity index (χ4n) is 2.53. The van der Waals surface area contributed by atoms with Crippen LogP contribution in [0.15, 0.2) is 24.3 Å². The minimum atomic E-state index is 0.00417. The van der Waals surface area contributed by atoms with E-state index in [9.17, 15) is 4.79 Å². The summed E-state index contributed by atoms with van der Waals surface area (Å²) in [5.74, 6) is 0.562. The van der Waals surface area contributed by atoms with E-state index in [0.717, 1.165) is 12.8 Å². The summed E-state index contributed by atoms with van der Waals surface area (Å²) in [6.07, 6.45) is 1.88. The fourth-order valence-corrected chi connectivity index (χ4v) is 2.53. The van der Waals surface area contributed by atoms with Gasteiger partial charge < -0.3 is 4.74 Å². The molecule has 1 aromatic rings. The van der Waals surface area contributed by atoms with Crippen molar-refractivity contribution in [1.82, 2.24) is 0 Å². The van der Waals surface area contributed by atoms with Crippen LogP contribution in [0.4, 0.5) is 0 Å². The lowest BCUT2D eigenvalue weighted by Crippen LogP contribution is -2.25. The zero-order chi connectivity index (χ0) is 9.54. The number of esters is 1. The second-order valence-corrected chi connectivity index (χ2v) is 4.17. The highest BCUT2D eigenvalue weighted by Gasteiger charge is 2.39. The predicted molar refractivity (Wildman–Crippen MR) is 51.8 cm³/mol. The Hall–Kier alpha value is -1.31. The third kappa shape index (κ3) is 1.07. The van der Waals surface area contributed by atoms with E-state index in [1.807, 2.05) is 6.07 Å². The quantitative estimate of drug-likeness (QED) is 0.578. The Morgan fingerprint density at radius 2 is 1.86 bits per heavy atom. The lowest BCUT2D eigenvalue weighted by Gasteiger charge is -2.23. The first-order valence-electron chi connectivity index (χ1n) is 5.08. The van der Waals surface area contributed by atoms with E-state index in [1.165, 1.54) is 11.1 Å². The normalized spacial score (nSPS) is 29.3. The van der Waals surface area contributed by atoms with Crippen molar-refractivity contribution >= 4 is 5.97 Å². The molecule has 72 valence electrons. The van der Waals surface area contributed by atoms with Gasteiger partial charge in [0.1, 0.15) is 0 Å². The van der Waals surface area contributed by atoms with Gasteiger partial charge in [-0.05, 0) is 24.0 Å². The molecule has 0 spiro atoms. The molecule has 2 nitrogen and oxygen atoms in total. The summed E-state index contributed by atoms with van der Waals surface area (Å²) < 4.78 is 5.09. The largest absolute Gasteiger partial charge is 0.465 e. The van der Waals surface area contributed by atoms with Crippen molar-refractivity contribution in [2.24, 2.45) is 11.8 Å². The second kappa shape index (κ2) is 2.84. The first-order valence-corrected chi connectivity index (χ1v) is 5.08. The number of rotatable bonds is 0. The predicted octanol–water partition coefficient (Wildman–Crippen LogP) is 1.57. The highest BCUT2D eigenvalue weighted by atomic mass is 16.5. The Bertz CT molecular complexity index is 384. The van der Waals surface area contributed by atoms with Gasteiger partial charge in [-0.15, -0.1) is 0 Å². The van der Waals surface area contributed by atoms with Gasteiger partial charge in [0.2, 0.25) is 0 Å². The van der Waals surface area contributed by atoms with Crippen molar-refractivity contribution in [2.75, 3.05) is 6.61 Å². The molecule has 1 heterocycles. The summed E-state index contributed by atoms with van der Waals surface area (Å²) in [6, 6.07) is 8.39. The van der Waals surface area contributed by atoms with Gasteiger partial charge in [-0.2, -0.15) is 0 Å². The Morgan fingerprint density at radius 3 is 2.64 bits per heavy atom. The zero-order valence-corrected chi connectivity index (χ0v) is 7.90. The lowest BCUT2D eigenvalue weighted by atomic mass is 9.78. The van der Waals surface area contributed by atoms with Crippen molar-refractivity contribution < 1.29 is 9.53 Å². The maximum absolute atomic E-state index is 11.4. The Kier molecular flexibility index (Phi) is 1.63. The SMILES string of the molecule is O=C1OCC2Cc3ccccc3CC12. The van der Waals surface area contributed by atoms with Crippen LogP contribution in [0.1, 0.15) is 11.1 Å². The van der Waals surface area contributed by atoms with Gasteiger partial charge in [0.05, 0.1) is 12.5 Å². The molecule has 1 aliphatic heterocycles. The van der Waals surface area contributed by atoms with Crippen molar-refractivity contribution in [1.29, 1.82) is 0 Å². The van der Waals surface area contributed by atoms with E-state index in [4.69, 9.17) is 4.74 Å². The highest BCUT2D eigenvalue weighted by molar-refractivity contribution is 5.75. The lowest BCUT2D eigenvalue weighted by molar-refractivity contribution is -0.141. The standard InChI is InChI=1S/C12H12O2/c13-12-11-6-9-4-2-1-3-8(9)5-10(11)7-14-12/h1-4,10-11H,5-7H2. The molecule has 0 radical (unpaired) electrons. The molecule has 2 aliphatic rings. The van der Waals surface area contributed by atoms with E-state index in [0.29, 0.717) is 12.5 Å². The Balaban J connectivity index is 1.99. The van der Waals surface area contributed by atoms with Crippen LogP contribution in [0.25, 0.3) is 0 Å². The van der Waals surface area contributed by atoms with Crippen molar-refractivity contribution in [3.63, 3.8) is 0 Å². The molecule has 2 unspecified atom stereocenters. The number of cyclic esters (lactones) is 1. The number of hydrogen-bond donors (Lipinski definition) is 0. The van der Waals surface area contributed by atoms with Crippen LogP contribution in [-0.2, 0) is 22.4 Å². The number of hydrogen-bond acceptors (Lipinski definition) is 2. The van der Waals surface area contributed by atoms with Crippen molar-refractivity contribution in [3.05, 3.63) is 35.4 Å². The van der Waals surface area contributed by atoms with Crippen LogP contribution in [0.2, 0.25) is 0 Å². The molecule has 1 aromatic carbocycles. The highest BCUT2D eigenvalue weighted by Crippen LogP contribution is 2.34. The van der Waals surface area contributed by atoms with Crippen LogP contribution in [0.5, 0.6) is 0 Å². The average molecular weight is 188 g/mol. The van der Waals surface area contributed by atoms with E-state index in [-0.39, 0.29) is 11.9 Å². The third-order valence-corrected chi connectivity index (χ3v) is 3.35. The van der Waals surface area contributed by atoms with E-state index in [1.54, 1.807) is 0 Å². The van der Waals surface area contributed by atoms with E-state index >= 15 is 0 Å². The number of carbonyl (C=O) groups excluding carboxylic acids is 1. The fraction of sp³-hybridized carbons (Fsp3) is 0.417. The van der Waals surface area contributed by atoms with Crippen LogP contribution < -0.4 is 0 Å². The number of ether oxygens (including phenoxy) is 1.